The van der Waals surface area contributed by atoms with Gasteiger partial charge in [0.05, 0.1) is 11.3 Å². The zero-order valence-electron chi connectivity index (χ0n) is 13.0. The van der Waals surface area contributed by atoms with E-state index in [1.54, 1.807) is 11.8 Å². The Hall–Kier alpha value is -1.86. The van der Waals surface area contributed by atoms with Gasteiger partial charge in [-0.2, -0.15) is 0 Å². The summed E-state index contributed by atoms with van der Waals surface area (Å²) in [5.41, 5.74) is 0.0264. The maximum Gasteiger partial charge on any atom is 0.355 e. The van der Waals surface area contributed by atoms with Crippen molar-refractivity contribution in [2.75, 3.05) is 0 Å². The number of carbonyl (C=O) groups excluding carboxylic acids is 1. The fourth-order valence-electron chi connectivity index (χ4n) is 2.84. The highest BCUT2D eigenvalue weighted by atomic mass is 32.2. The molecule has 1 aromatic heterocycles. The lowest BCUT2D eigenvalue weighted by Gasteiger charge is -2.27. The summed E-state index contributed by atoms with van der Waals surface area (Å²) in [6, 6.07) is 9.97. The summed E-state index contributed by atoms with van der Waals surface area (Å²) in [5, 5.41) is 14.0. The summed E-state index contributed by atoms with van der Waals surface area (Å²) in [7, 11) is 0. The number of benzene rings is 1. The molecule has 1 aliphatic rings. The Morgan fingerprint density at radius 3 is 2.58 bits per heavy atom. The highest BCUT2D eigenvalue weighted by molar-refractivity contribution is 8.01. The van der Waals surface area contributed by atoms with Gasteiger partial charge in [0, 0.05) is 10.3 Å². The van der Waals surface area contributed by atoms with Crippen LogP contribution >= 0.6 is 23.1 Å². The quantitative estimate of drug-likeness (QED) is 0.821. The zero-order valence-corrected chi connectivity index (χ0v) is 14.7. The van der Waals surface area contributed by atoms with Gasteiger partial charge in [0.25, 0.3) is 0 Å². The van der Waals surface area contributed by atoms with Gasteiger partial charge in [-0.1, -0.05) is 31.0 Å². The fourth-order valence-corrected chi connectivity index (χ4v) is 4.95. The van der Waals surface area contributed by atoms with Gasteiger partial charge in [0.15, 0.2) is 5.69 Å². The Balaban J connectivity index is 1.67. The minimum absolute atomic E-state index is 0.0147. The van der Waals surface area contributed by atoms with Crippen molar-refractivity contribution in [1.29, 1.82) is 0 Å². The van der Waals surface area contributed by atoms with Crippen LogP contribution < -0.4 is 5.32 Å². The predicted molar refractivity (Wildman–Crippen MR) is 94.4 cm³/mol. The van der Waals surface area contributed by atoms with Gasteiger partial charge < -0.3 is 10.4 Å². The van der Waals surface area contributed by atoms with E-state index in [0.717, 1.165) is 30.6 Å². The van der Waals surface area contributed by atoms with E-state index in [9.17, 15) is 9.59 Å². The monoisotopic (exact) mass is 362 g/mol. The smallest absolute Gasteiger partial charge is 0.355 e. The molecular formula is C17H18N2O3S2. The van der Waals surface area contributed by atoms with Crippen molar-refractivity contribution in [3.63, 3.8) is 0 Å². The highest BCUT2D eigenvalue weighted by Gasteiger charge is 2.42. The van der Waals surface area contributed by atoms with Crippen molar-refractivity contribution in [2.24, 2.45) is 0 Å². The van der Waals surface area contributed by atoms with Crippen LogP contribution in [0.25, 0.3) is 0 Å². The number of carbonyl (C=O) groups is 2. The molecule has 1 amide bonds. The normalized spacial score (nSPS) is 16.0. The lowest BCUT2D eigenvalue weighted by Crippen LogP contribution is -2.41. The summed E-state index contributed by atoms with van der Waals surface area (Å²) in [6.07, 6.45) is 3.81. The second kappa shape index (κ2) is 7.36. The lowest BCUT2D eigenvalue weighted by molar-refractivity contribution is -0.123. The van der Waals surface area contributed by atoms with Gasteiger partial charge in [-0.3, -0.25) is 4.79 Å². The molecule has 0 saturated heterocycles. The second-order valence-electron chi connectivity index (χ2n) is 5.73. The molecule has 3 rings (SSSR count). The van der Waals surface area contributed by atoms with Crippen molar-refractivity contribution in [1.82, 2.24) is 10.3 Å². The topological polar surface area (TPSA) is 79.3 Å². The zero-order chi connectivity index (χ0) is 17.0. The number of nitrogens with zero attached hydrogens (tertiary/aromatic N) is 1. The molecule has 126 valence electrons. The molecular weight excluding hydrogens is 344 g/mol. The van der Waals surface area contributed by atoms with Crippen molar-refractivity contribution < 1.29 is 14.7 Å². The van der Waals surface area contributed by atoms with E-state index in [1.807, 2.05) is 30.3 Å². The number of amides is 1. The largest absolute Gasteiger partial charge is 0.476 e. The van der Waals surface area contributed by atoms with Gasteiger partial charge in [-0.25, -0.2) is 9.78 Å². The average molecular weight is 362 g/mol. The number of aromatic carboxylic acids is 1. The minimum Gasteiger partial charge on any atom is -0.476 e. The number of thiazole rings is 1. The van der Waals surface area contributed by atoms with E-state index < -0.39 is 10.7 Å². The number of thioether (sulfide) groups is 1. The minimum atomic E-state index is -1.05. The average Bonchev–Trinajstić information content (AvgIpc) is 3.23. The first-order chi connectivity index (χ1) is 11.6. The molecule has 24 heavy (non-hydrogen) atoms. The third kappa shape index (κ3) is 3.79. The van der Waals surface area contributed by atoms with Gasteiger partial charge >= 0.3 is 5.97 Å². The van der Waals surface area contributed by atoms with Crippen LogP contribution in [0.2, 0.25) is 0 Å². The summed E-state index contributed by atoms with van der Waals surface area (Å²) >= 11 is 2.88. The Kier molecular flexibility index (Phi) is 5.20. The molecule has 1 heterocycles. The molecule has 0 spiro atoms. The summed E-state index contributed by atoms with van der Waals surface area (Å²) in [5.74, 6) is -1.03. The van der Waals surface area contributed by atoms with E-state index in [4.69, 9.17) is 5.11 Å². The molecule has 2 aromatic rings. The van der Waals surface area contributed by atoms with Gasteiger partial charge in [0.2, 0.25) is 5.91 Å². The first-order valence-electron chi connectivity index (χ1n) is 7.79. The SMILES string of the molecule is O=C(O)c1csc(CNC(=O)C2(Sc3ccccc3)CCCC2)n1. The van der Waals surface area contributed by atoms with Crippen LogP contribution in [0.4, 0.5) is 0 Å². The van der Waals surface area contributed by atoms with E-state index in [1.165, 1.54) is 16.7 Å². The number of rotatable bonds is 6. The molecule has 1 saturated carbocycles. The third-order valence-electron chi connectivity index (χ3n) is 4.05. The molecule has 1 aliphatic carbocycles. The van der Waals surface area contributed by atoms with Gasteiger partial charge in [0.1, 0.15) is 5.01 Å². The number of hydrogen-bond acceptors (Lipinski definition) is 5. The van der Waals surface area contributed by atoms with Crippen molar-refractivity contribution in [3.8, 4) is 0 Å². The van der Waals surface area contributed by atoms with Gasteiger partial charge in [-0.15, -0.1) is 23.1 Å². The Labute approximate surface area is 148 Å². The Morgan fingerprint density at radius 1 is 1.25 bits per heavy atom. The number of carboxylic acid groups (broad SMARTS) is 1. The maximum atomic E-state index is 12.8. The summed E-state index contributed by atoms with van der Waals surface area (Å²) in [4.78, 5) is 28.8. The molecule has 0 aliphatic heterocycles. The van der Waals surface area contributed by atoms with Crippen LogP contribution in [-0.4, -0.2) is 26.7 Å². The number of carboxylic acids is 1. The molecule has 2 N–H and O–H groups in total. The van der Waals surface area contributed by atoms with E-state index in [0.29, 0.717) is 5.01 Å². The lowest BCUT2D eigenvalue weighted by atomic mass is 10.1. The van der Waals surface area contributed by atoms with Crippen molar-refractivity contribution >= 4 is 35.0 Å². The fraction of sp³-hybridized carbons (Fsp3) is 0.353. The summed E-state index contributed by atoms with van der Waals surface area (Å²) < 4.78 is -0.436. The van der Waals surface area contributed by atoms with Gasteiger partial charge in [-0.05, 0) is 25.0 Å². The van der Waals surface area contributed by atoms with Crippen LogP contribution in [0.5, 0.6) is 0 Å². The number of hydrogen-bond donors (Lipinski definition) is 2. The number of aromatic nitrogens is 1. The highest BCUT2D eigenvalue weighted by Crippen LogP contribution is 2.45. The van der Waals surface area contributed by atoms with Crippen molar-refractivity contribution in [2.45, 2.75) is 41.9 Å². The van der Waals surface area contributed by atoms with Crippen LogP contribution in [-0.2, 0) is 11.3 Å². The van der Waals surface area contributed by atoms with Crippen LogP contribution in [0, 0.1) is 0 Å². The molecule has 1 aromatic carbocycles. The Bertz CT molecular complexity index is 724. The van der Waals surface area contributed by atoms with Crippen LogP contribution in [0.3, 0.4) is 0 Å². The van der Waals surface area contributed by atoms with E-state index in [-0.39, 0.29) is 18.1 Å². The van der Waals surface area contributed by atoms with E-state index >= 15 is 0 Å². The molecule has 5 nitrogen and oxygen atoms in total. The standard InChI is InChI=1S/C17H18N2O3S2/c20-15(21)13-11-23-14(19-13)10-18-16(22)17(8-4-5-9-17)24-12-6-2-1-3-7-12/h1-3,6-7,11H,4-5,8-10H2,(H,18,22)(H,20,21). The first kappa shape index (κ1) is 17.0. The molecule has 7 heteroatoms. The second-order valence-corrected chi connectivity index (χ2v) is 8.13. The molecule has 0 atom stereocenters. The molecule has 1 fully saturated rings. The predicted octanol–water partition coefficient (Wildman–Crippen LogP) is 3.56. The van der Waals surface area contributed by atoms with E-state index in [2.05, 4.69) is 10.3 Å². The maximum absolute atomic E-state index is 12.8. The third-order valence-corrected chi connectivity index (χ3v) is 6.39. The Morgan fingerprint density at radius 2 is 1.96 bits per heavy atom. The van der Waals surface area contributed by atoms with Crippen molar-refractivity contribution in [3.05, 3.63) is 46.4 Å². The summed E-state index contributed by atoms with van der Waals surface area (Å²) in [6.45, 7) is 0.272. The molecule has 0 radical (unpaired) electrons. The van der Waals surface area contributed by atoms with Crippen LogP contribution in [0.1, 0.15) is 41.2 Å². The first-order valence-corrected chi connectivity index (χ1v) is 9.49. The molecule has 0 unspecified atom stereocenters. The number of nitrogens with one attached hydrogen (secondary N) is 1. The molecule has 0 bridgehead atoms. The van der Waals surface area contributed by atoms with Crippen LogP contribution in [0.15, 0.2) is 40.6 Å².